The lowest BCUT2D eigenvalue weighted by Gasteiger charge is -2.21. The highest BCUT2D eigenvalue weighted by Crippen LogP contribution is 2.36. The van der Waals surface area contributed by atoms with Crippen LogP contribution in [0.5, 0.6) is 11.5 Å². The molecule has 13 heteroatoms. The van der Waals surface area contributed by atoms with Gasteiger partial charge >= 0.3 is 12.6 Å². The first-order valence-corrected chi connectivity index (χ1v) is 11.7. The molecule has 0 aliphatic heterocycles. The van der Waals surface area contributed by atoms with Crippen molar-refractivity contribution in [2.45, 2.75) is 19.1 Å². The maximum atomic E-state index is 12.9. The van der Waals surface area contributed by atoms with Crippen LogP contribution in [-0.2, 0) is 15.9 Å². The fourth-order valence-corrected chi connectivity index (χ4v) is 4.30. The Kier molecular flexibility index (Phi) is 11.5. The van der Waals surface area contributed by atoms with Gasteiger partial charge in [-0.05, 0) is 29.8 Å². The Morgan fingerprint density at radius 3 is 2.44 bits per heavy atom. The van der Waals surface area contributed by atoms with E-state index >= 15 is 0 Å². The number of nitrogens with one attached hydrogen (secondary N) is 1. The second-order valence-electron chi connectivity index (χ2n) is 6.97. The minimum atomic E-state index is -3.07. The van der Waals surface area contributed by atoms with Gasteiger partial charge in [0.15, 0.2) is 30.2 Å². The third kappa shape index (κ3) is 7.84. The smallest absolute Gasteiger partial charge is 0.387 e. The van der Waals surface area contributed by atoms with Crippen LogP contribution in [0, 0.1) is 0 Å². The summed E-state index contributed by atoms with van der Waals surface area (Å²) in [6, 6.07) is 7.18. The van der Waals surface area contributed by atoms with Gasteiger partial charge in [0.1, 0.15) is 27.6 Å². The fourth-order valence-electron chi connectivity index (χ4n) is 3.06. The van der Waals surface area contributed by atoms with Crippen molar-refractivity contribution in [1.82, 2.24) is 0 Å². The van der Waals surface area contributed by atoms with Crippen molar-refractivity contribution in [3.8, 4) is 11.5 Å². The fraction of sp³-hybridized carbons (Fsp3) is 0.261. The number of carbonyl (C=O) groups is 2. The van der Waals surface area contributed by atoms with Gasteiger partial charge in [-0.2, -0.15) is 8.78 Å². The molecular formula is C23H21Cl2F2NO7S. The van der Waals surface area contributed by atoms with Crippen molar-refractivity contribution in [2.75, 3.05) is 20.3 Å². The molecule has 36 heavy (non-hydrogen) atoms. The van der Waals surface area contributed by atoms with Crippen LogP contribution >= 0.6 is 34.5 Å². The minimum absolute atomic E-state index is 0. The van der Waals surface area contributed by atoms with E-state index in [9.17, 15) is 18.4 Å². The number of hydrogen-bond donors (Lipinski definition) is 0. The standard InChI is InChI=1S/C23H19Cl2F2NO6S.H2O/c1-31-6-7-32-20-8-13(2-4-18(20)34-23(26)27)19(9-15-16(24)10-28-11-17(15)25)33-22(30)21-5-3-14(12-29)35-21;/h2-5,8,10-12,19,23H,6-7,9H2,1H3;1H2/t19-;/m0./s1. The lowest BCUT2D eigenvalue weighted by atomic mass is 10.0. The van der Waals surface area contributed by atoms with Crippen molar-refractivity contribution >= 4 is 46.8 Å². The van der Waals surface area contributed by atoms with Crippen LogP contribution in [0.3, 0.4) is 0 Å². The molecular weight excluding hydrogens is 543 g/mol. The molecule has 3 aromatic rings. The number of aldehydes is 1. The topological polar surface area (TPSA) is 115 Å². The van der Waals surface area contributed by atoms with Crippen LogP contribution in [0.15, 0.2) is 42.7 Å². The van der Waals surface area contributed by atoms with E-state index in [1.807, 2.05) is 0 Å². The molecule has 2 N–H and O–H groups in total. The zero-order chi connectivity index (χ0) is 25.4. The molecule has 0 radical (unpaired) electrons. The van der Waals surface area contributed by atoms with Crippen LogP contribution in [0.25, 0.3) is 0 Å². The zero-order valence-corrected chi connectivity index (χ0v) is 21.0. The van der Waals surface area contributed by atoms with E-state index in [1.54, 1.807) is 0 Å². The van der Waals surface area contributed by atoms with E-state index in [0.29, 0.717) is 32.3 Å². The zero-order valence-electron chi connectivity index (χ0n) is 18.7. The molecule has 8 nitrogen and oxygen atoms in total. The Labute approximate surface area is 219 Å². The number of benzene rings is 1. The van der Waals surface area contributed by atoms with Crippen LogP contribution in [0.4, 0.5) is 8.78 Å². The number of rotatable bonds is 12. The maximum Gasteiger partial charge on any atom is 0.387 e. The van der Waals surface area contributed by atoms with E-state index in [1.165, 1.54) is 49.8 Å². The van der Waals surface area contributed by atoms with E-state index in [4.69, 9.17) is 37.4 Å². The van der Waals surface area contributed by atoms with Crippen molar-refractivity contribution in [3.63, 3.8) is 0 Å². The molecule has 0 saturated carbocycles. The van der Waals surface area contributed by atoms with Gasteiger partial charge in [0.25, 0.3) is 0 Å². The maximum absolute atomic E-state index is 12.9. The molecule has 0 spiro atoms. The highest BCUT2D eigenvalue weighted by molar-refractivity contribution is 7.15. The summed E-state index contributed by atoms with van der Waals surface area (Å²) in [5.41, 5.74) is 0.916. The van der Waals surface area contributed by atoms with Gasteiger partial charge in [0.2, 0.25) is 0 Å². The molecule has 0 bridgehead atoms. The Hall–Kier alpha value is -2.83. The van der Waals surface area contributed by atoms with Crippen LogP contribution < -0.4 is 14.5 Å². The number of halogens is 4. The predicted octanol–water partition coefficient (Wildman–Crippen LogP) is 5.27. The van der Waals surface area contributed by atoms with Gasteiger partial charge in [0, 0.05) is 19.1 Å². The molecule has 2 heterocycles. The van der Waals surface area contributed by atoms with Gasteiger partial charge in [-0.3, -0.25) is 4.79 Å². The number of methoxy groups -OCH3 is 1. The first kappa shape index (κ1) is 29.4. The number of esters is 1. The number of aromatic amines is 1. The number of H-pyrrole nitrogens is 1. The summed E-state index contributed by atoms with van der Waals surface area (Å²) < 4.78 is 46.6. The molecule has 0 aliphatic carbocycles. The summed E-state index contributed by atoms with van der Waals surface area (Å²) in [5.74, 6) is -0.861. The van der Waals surface area contributed by atoms with Gasteiger partial charge in [-0.1, -0.05) is 29.3 Å². The number of hydrogen-bond acceptors (Lipinski definition) is 8. The summed E-state index contributed by atoms with van der Waals surface area (Å²) in [4.78, 5) is 27.2. The SMILES string of the molecule is COCCOc1cc([C@H](Cc2c(Cl)c[nH+]cc2Cl)OC(=O)c2ccc(C=O)s2)ccc1OC(F)F.[OH-]. The second-order valence-corrected chi connectivity index (χ2v) is 8.90. The number of thiophene rings is 1. The van der Waals surface area contributed by atoms with E-state index in [2.05, 4.69) is 9.72 Å². The van der Waals surface area contributed by atoms with Crippen LogP contribution in [0.1, 0.15) is 36.6 Å². The normalized spacial score (nSPS) is 11.5. The lowest BCUT2D eigenvalue weighted by molar-refractivity contribution is -0.377. The number of aromatic nitrogens is 1. The van der Waals surface area contributed by atoms with E-state index < -0.39 is 18.7 Å². The Balaban J connectivity index is 0.00000456. The number of ether oxygens (including phenoxy) is 4. The number of alkyl halides is 2. The summed E-state index contributed by atoms with van der Waals surface area (Å²) >= 11 is 13.6. The quantitative estimate of drug-likeness (QED) is 0.167. The molecule has 1 aromatic carbocycles. The Bertz CT molecular complexity index is 1160. The summed E-state index contributed by atoms with van der Waals surface area (Å²) in [7, 11) is 1.47. The molecule has 3 rings (SSSR count). The van der Waals surface area contributed by atoms with Crippen molar-refractivity contribution in [2.24, 2.45) is 0 Å². The van der Waals surface area contributed by atoms with Crippen LogP contribution in [-0.4, -0.2) is 44.7 Å². The lowest BCUT2D eigenvalue weighted by Crippen LogP contribution is -2.15. The highest BCUT2D eigenvalue weighted by Gasteiger charge is 2.25. The second kappa shape index (κ2) is 14.0. The highest BCUT2D eigenvalue weighted by atomic mass is 35.5. The summed E-state index contributed by atoms with van der Waals surface area (Å²) in [6.45, 7) is -2.79. The van der Waals surface area contributed by atoms with Crippen molar-refractivity contribution < 1.29 is 47.8 Å². The molecule has 0 amide bonds. The number of pyridine rings is 1. The molecule has 194 valence electrons. The largest absolute Gasteiger partial charge is 0.870 e. The molecule has 1 atom stereocenters. The summed E-state index contributed by atoms with van der Waals surface area (Å²) in [5, 5.41) is 0.624. The molecule has 0 aliphatic rings. The first-order chi connectivity index (χ1) is 16.8. The van der Waals surface area contributed by atoms with E-state index in [-0.39, 0.29) is 41.5 Å². The van der Waals surface area contributed by atoms with Gasteiger partial charge in [0.05, 0.1) is 11.5 Å². The molecule has 0 unspecified atom stereocenters. The monoisotopic (exact) mass is 563 g/mol. The Morgan fingerprint density at radius 2 is 1.83 bits per heavy atom. The van der Waals surface area contributed by atoms with Gasteiger partial charge < -0.3 is 24.4 Å². The van der Waals surface area contributed by atoms with Gasteiger partial charge in [-0.15, -0.1) is 11.3 Å². The predicted molar refractivity (Wildman–Crippen MR) is 127 cm³/mol. The first-order valence-electron chi connectivity index (χ1n) is 10.1. The average molecular weight is 564 g/mol. The summed E-state index contributed by atoms with van der Waals surface area (Å²) in [6.07, 6.45) is 2.81. The minimum Gasteiger partial charge on any atom is -0.870 e. The number of carbonyl (C=O) groups excluding carboxylic acids is 2. The third-order valence-electron chi connectivity index (χ3n) is 4.68. The van der Waals surface area contributed by atoms with Crippen molar-refractivity contribution in [1.29, 1.82) is 0 Å². The van der Waals surface area contributed by atoms with E-state index in [0.717, 1.165) is 11.3 Å². The Morgan fingerprint density at radius 1 is 1.11 bits per heavy atom. The van der Waals surface area contributed by atoms with Gasteiger partial charge in [-0.25, -0.2) is 9.78 Å². The van der Waals surface area contributed by atoms with Crippen molar-refractivity contribution in [3.05, 3.63) is 73.7 Å². The average Bonchev–Trinajstić information content (AvgIpc) is 3.31. The van der Waals surface area contributed by atoms with Crippen LogP contribution in [0.2, 0.25) is 10.0 Å². The molecule has 2 aromatic heterocycles. The third-order valence-corrected chi connectivity index (χ3v) is 6.35. The molecule has 0 fully saturated rings. The molecule has 0 saturated heterocycles.